The van der Waals surface area contributed by atoms with Crippen LogP contribution in [0.1, 0.15) is 24.2 Å². The van der Waals surface area contributed by atoms with Crippen LogP contribution in [0, 0.1) is 20.0 Å². The van der Waals surface area contributed by atoms with Gasteiger partial charge in [0.15, 0.2) is 0 Å². The number of rotatable bonds is 4. The predicted molar refractivity (Wildman–Crippen MR) is 77.9 cm³/mol. The summed E-state index contributed by atoms with van der Waals surface area (Å²) in [5.74, 6) is 0. The third-order valence-corrected chi connectivity index (χ3v) is 2.61. The van der Waals surface area contributed by atoms with Crippen molar-refractivity contribution >= 4 is 0 Å². The van der Waals surface area contributed by atoms with Crippen LogP contribution in [0.3, 0.4) is 0 Å². The van der Waals surface area contributed by atoms with Crippen LogP contribution in [-0.2, 0) is 42.7 Å². The van der Waals surface area contributed by atoms with Crippen LogP contribution >= 0.6 is 0 Å². The van der Waals surface area contributed by atoms with Gasteiger partial charge in [0.25, 0.3) is 0 Å². The second-order valence-electron chi connectivity index (χ2n) is 3.85. The maximum Gasteiger partial charge on any atom is 0 e. The van der Waals surface area contributed by atoms with Gasteiger partial charge in [-0.1, -0.05) is 60.7 Å². The van der Waals surface area contributed by atoms with Crippen molar-refractivity contribution < 1.29 is 36.1 Å². The number of ether oxygens (including phenoxy) is 1. The molecule has 2 aromatic carbocycles. The normalized spacial score (nSPS) is 8.83. The van der Waals surface area contributed by atoms with E-state index >= 15 is 0 Å². The van der Waals surface area contributed by atoms with Gasteiger partial charge in [0.2, 0.25) is 0 Å². The maximum atomic E-state index is 7.50. The topological polar surface area (TPSA) is 68.9 Å². The fraction of sp³-hybridized carbons (Fsp3) is 0.167. The molecule has 0 aliphatic carbocycles. The zero-order valence-corrected chi connectivity index (χ0v) is 13.9. The first-order valence-electron chi connectivity index (χ1n) is 6.18. The summed E-state index contributed by atoms with van der Waals surface area (Å²) in [5, 5.41) is 0. The minimum absolute atomic E-state index is 0. The Morgan fingerprint density at radius 1 is 0.783 bits per heavy atom. The molecule has 0 bridgehead atoms. The van der Waals surface area contributed by atoms with Gasteiger partial charge in [-0.15, -0.1) is 0 Å². The van der Waals surface area contributed by atoms with Crippen LogP contribution in [0.25, 0.3) is 0 Å². The van der Waals surface area contributed by atoms with Crippen LogP contribution in [0.5, 0.6) is 0 Å². The molecule has 0 heterocycles. The molecular weight excluding hydrogens is 332 g/mol. The zero-order valence-electron chi connectivity index (χ0n) is 12.6. The minimum atomic E-state index is 0. The van der Waals surface area contributed by atoms with E-state index in [0.717, 1.165) is 0 Å². The van der Waals surface area contributed by atoms with Gasteiger partial charge in [0.05, 0.1) is 12.7 Å². The smallest absolute Gasteiger partial charge is 0 e. The second kappa shape index (κ2) is 20.2. The fourth-order valence-electron chi connectivity index (χ4n) is 1.62. The Hall–Kier alpha value is -1.85. The van der Waals surface area contributed by atoms with Gasteiger partial charge in [-0.25, -0.2) is 0 Å². The number of hydrogen-bond donors (Lipinski definition) is 0. The first-order valence-corrected chi connectivity index (χ1v) is 6.18. The molecule has 4 nitrogen and oxygen atoms in total. The summed E-state index contributed by atoms with van der Waals surface area (Å²) in [5.41, 5.74) is 2.43. The number of hydrogen-bond acceptors (Lipinski definition) is 1. The third-order valence-electron chi connectivity index (χ3n) is 2.61. The molecule has 2 rings (SSSR count). The molecule has 5 heteroatoms. The first-order chi connectivity index (χ1) is 10.9. The Labute approximate surface area is 147 Å². The molecule has 0 aliphatic rings. The van der Waals surface area contributed by atoms with Crippen LogP contribution in [0.4, 0.5) is 0 Å². The SMILES string of the molecule is C[C@H](OCc1ccccc1)c1ccccc1.[C-]#[O+].[C-]#[O+].[C-]#[O+].[Cr]. The van der Waals surface area contributed by atoms with Gasteiger partial charge in [0.1, 0.15) is 0 Å². The van der Waals surface area contributed by atoms with Gasteiger partial charge >= 0.3 is 33.9 Å². The monoisotopic (exact) mass is 348 g/mol. The summed E-state index contributed by atoms with van der Waals surface area (Å²) >= 11 is 0. The van der Waals surface area contributed by atoms with E-state index in [1.807, 2.05) is 36.4 Å². The minimum Gasteiger partial charge on any atom is 0 e. The van der Waals surface area contributed by atoms with Crippen LogP contribution in [0.15, 0.2) is 60.7 Å². The second-order valence-corrected chi connectivity index (χ2v) is 3.85. The average Bonchev–Trinajstić information content (AvgIpc) is 2.66. The molecule has 0 saturated carbocycles. The van der Waals surface area contributed by atoms with Crippen molar-refractivity contribution in [2.24, 2.45) is 0 Å². The van der Waals surface area contributed by atoms with E-state index in [-0.39, 0.29) is 23.5 Å². The predicted octanol–water partition coefficient (Wildman–Crippen LogP) is 3.85. The van der Waals surface area contributed by atoms with E-state index in [9.17, 15) is 0 Å². The van der Waals surface area contributed by atoms with Crippen molar-refractivity contribution in [2.75, 3.05) is 0 Å². The molecule has 0 N–H and O–H groups in total. The van der Waals surface area contributed by atoms with Crippen molar-refractivity contribution in [3.05, 3.63) is 91.7 Å². The van der Waals surface area contributed by atoms with Crippen molar-refractivity contribution in [1.82, 2.24) is 0 Å². The Kier molecular flexibility index (Phi) is 22.8. The molecule has 1 atom stereocenters. The Bertz CT molecular complexity index is 521. The van der Waals surface area contributed by atoms with Gasteiger partial charge < -0.3 is 4.74 Å². The number of benzene rings is 2. The fourth-order valence-corrected chi connectivity index (χ4v) is 1.62. The van der Waals surface area contributed by atoms with Gasteiger partial charge in [-0.3, -0.25) is 0 Å². The maximum absolute atomic E-state index is 7.50. The summed E-state index contributed by atoms with van der Waals surface area (Å²) in [6, 6.07) is 20.5. The van der Waals surface area contributed by atoms with E-state index < -0.39 is 0 Å². The largest absolute Gasteiger partial charge is 0 e. The molecule has 0 fully saturated rings. The third kappa shape index (κ3) is 12.4. The average molecular weight is 348 g/mol. The summed E-state index contributed by atoms with van der Waals surface area (Å²) in [7, 11) is 0. The molecule has 0 spiro atoms. The summed E-state index contributed by atoms with van der Waals surface area (Å²) in [6.45, 7) is 16.2. The first kappa shape index (κ1) is 26.1. The molecule has 0 radical (unpaired) electrons. The molecular formula is C18H16CrO4. The summed E-state index contributed by atoms with van der Waals surface area (Å²) in [4.78, 5) is 0. The van der Waals surface area contributed by atoms with Crippen molar-refractivity contribution in [1.29, 1.82) is 0 Å². The van der Waals surface area contributed by atoms with Crippen LogP contribution in [-0.4, -0.2) is 0 Å². The molecule has 0 aromatic heterocycles. The van der Waals surface area contributed by atoms with Crippen LogP contribution < -0.4 is 0 Å². The molecule has 0 saturated heterocycles. The van der Waals surface area contributed by atoms with Gasteiger partial charge in [-0.2, -0.15) is 0 Å². The quantitative estimate of drug-likeness (QED) is 0.611. The molecule has 0 unspecified atom stereocenters. The molecule has 2 aromatic rings. The Balaban J connectivity index is -0.000000514. The molecule has 118 valence electrons. The van der Waals surface area contributed by atoms with E-state index in [0.29, 0.717) is 6.61 Å². The van der Waals surface area contributed by atoms with Crippen molar-refractivity contribution in [2.45, 2.75) is 19.6 Å². The van der Waals surface area contributed by atoms with E-state index in [2.05, 4.69) is 51.1 Å². The van der Waals surface area contributed by atoms with E-state index in [1.165, 1.54) is 11.1 Å². The Morgan fingerprint density at radius 3 is 1.61 bits per heavy atom. The summed E-state index contributed by atoms with van der Waals surface area (Å²) in [6.07, 6.45) is 0.140. The molecule has 23 heavy (non-hydrogen) atoms. The molecule has 0 aliphatic heterocycles. The Morgan fingerprint density at radius 2 is 1.17 bits per heavy atom. The summed E-state index contributed by atoms with van der Waals surface area (Å²) < 4.78 is 28.3. The van der Waals surface area contributed by atoms with Gasteiger partial charge in [0, 0.05) is 17.4 Å². The standard InChI is InChI=1S/C15H16O.3CO.Cr/c1-13(15-10-6-3-7-11-15)16-12-14-8-4-2-5-9-14;3*1-2;/h2-11,13H,12H2,1H3;;;;/t13-;;;;/m0..../s1. The zero-order chi connectivity index (χ0) is 17.2. The van der Waals surface area contributed by atoms with E-state index in [1.54, 1.807) is 0 Å². The molecule has 0 amide bonds. The van der Waals surface area contributed by atoms with Gasteiger partial charge in [-0.05, 0) is 18.1 Å². The van der Waals surface area contributed by atoms with E-state index in [4.69, 9.17) is 18.7 Å². The van der Waals surface area contributed by atoms with Crippen molar-refractivity contribution in [3.8, 4) is 0 Å². The van der Waals surface area contributed by atoms with Crippen molar-refractivity contribution in [3.63, 3.8) is 0 Å². The van der Waals surface area contributed by atoms with Crippen LogP contribution in [0.2, 0.25) is 0 Å².